The molecule has 0 atom stereocenters. The minimum atomic E-state index is -0.712. The number of carbonyl (C=O) groups excluding carboxylic acids is 1. The van der Waals surface area contributed by atoms with E-state index in [-0.39, 0.29) is 5.76 Å². The first kappa shape index (κ1) is 12.8. The van der Waals surface area contributed by atoms with Crippen LogP contribution in [0.4, 0.5) is 0 Å². The van der Waals surface area contributed by atoms with Crippen molar-refractivity contribution < 1.29 is 14.6 Å². The maximum absolute atomic E-state index is 10.9. The van der Waals surface area contributed by atoms with Gasteiger partial charge in [-0.3, -0.25) is 0 Å². The van der Waals surface area contributed by atoms with E-state index in [1.54, 1.807) is 0 Å². The number of halogens is 1. The maximum Gasteiger partial charge on any atom is 0.372 e. The van der Waals surface area contributed by atoms with Crippen LogP contribution >= 0.6 is 15.9 Å². The van der Waals surface area contributed by atoms with Gasteiger partial charge in [0.05, 0.1) is 7.11 Å². The molecule has 0 bridgehead atoms. The highest BCUT2D eigenvalue weighted by Crippen LogP contribution is 2.14. The van der Waals surface area contributed by atoms with E-state index in [2.05, 4.69) is 20.7 Å². The third-order valence-corrected chi connectivity index (χ3v) is 2.78. The van der Waals surface area contributed by atoms with Gasteiger partial charge in [-0.25, -0.2) is 4.79 Å². The van der Waals surface area contributed by atoms with Crippen molar-refractivity contribution in [2.75, 3.05) is 7.11 Å². The fourth-order valence-electron chi connectivity index (χ4n) is 1.28. The van der Waals surface area contributed by atoms with E-state index in [1.165, 1.54) is 13.2 Å². The van der Waals surface area contributed by atoms with Gasteiger partial charge in [-0.05, 0) is 23.6 Å². The molecule has 0 aromatic heterocycles. The van der Waals surface area contributed by atoms with Crippen molar-refractivity contribution >= 4 is 21.9 Å². The Morgan fingerprint density at radius 1 is 1.44 bits per heavy atom. The second-order valence-corrected chi connectivity index (χ2v) is 3.75. The van der Waals surface area contributed by atoms with Crippen LogP contribution in [0, 0.1) is 0 Å². The number of hydrogen-bond donors (Lipinski definition) is 1. The van der Waals surface area contributed by atoms with Crippen LogP contribution in [-0.4, -0.2) is 18.2 Å². The van der Waals surface area contributed by atoms with E-state index in [9.17, 15) is 9.90 Å². The summed E-state index contributed by atoms with van der Waals surface area (Å²) in [6, 6.07) is 7.82. The summed E-state index contributed by atoms with van der Waals surface area (Å²) in [4.78, 5) is 10.9. The molecule has 0 aliphatic heterocycles. The van der Waals surface area contributed by atoms with Gasteiger partial charge in [0.1, 0.15) is 0 Å². The topological polar surface area (TPSA) is 46.5 Å². The zero-order chi connectivity index (χ0) is 12.0. The number of rotatable bonds is 4. The van der Waals surface area contributed by atoms with E-state index < -0.39 is 5.97 Å². The van der Waals surface area contributed by atoms with E-state index in [0.717, 1.165) is 16.5 Å². The van der Waals surface area contributed by atoms with Crippen LogP contribution in [-0.2, 0) is 21.3 Å². The van der Waals surface area contributed by atoms with Crippen molar-refractivity contribution in [1.29, 1.82) is 0 Å². The van der Waals surface area contributed by atoms with Crippen molar-refractivity contribution in [3.05, 3.63) is 47.2 Å². The fraction of sp³-hybridized carbons (Fsp3) is 0.250. The number of alkyl halides is 1. The lowest BCUT2D eigenvalue weighted by molar-refractivity contribution is -0.139. The van der Waals surface area contributed by atoms with Crippen molar-refractivity contribution in [3.63, 3.8) is 0 Å². The number of benzene rings is 1. The summed E-state index contributed by atoms with van der Waals surface area (Å²) in [7, 11) is 1.23. The fourth-order valence-corrected chi connectivity index (χ4v) is 1.83. The van der Waals surface area contributed by atoms with Crippen LogP contribution in [0.15, 0.2) is 36.1 Å². The highest BCUT2D eigenvalue weighted by molar-refractivity contribution is 9.08. The lowest BCUT2D eigenvalue weighted by atomic mass is 10.1. The SMILES string of the molecule is COC(=O)C(O)=CCc1ccccc1CBr. The van der Waals surface area contributed by atoms with Gasteiger partial charge in [0.15, 0.2) is 5.76 Å². The molecule has 0 radical (unpaired) electrons. The Bertz CT molecular complexity index is 399. The molecule has 0 spiro atoms. The molecule has 0 heterocycles. The third kappa shape index (κ3) is 3.38. The molecular weight excluding hydrogens is 272 g/mol. The van der Waals surface area contributed by atoms with Crippen LogP contribution in [0.5, 0.6) is 0 Å². The molecule has 3 nitrogen and oxygen atoms in total. The van der Waals surface area contributed by atoms with Gasteiger partial charge >= 0.3 is 5.97 Å². The van der Waals surface area contributed by atoms with Crippen LogP contribution < -0.4 is 0 Å². The first-order valence-corrected chi connectivity index (χ1v) is 5.91. The first-order chi connectivity index (χ1) is 7.69. The Labute approximate surface area is 103 Å². The molecule has 1 aromatic carbocycles. The molecular formula is C12H13BrO3. The average Bonchev–Trinajstić information content (AvgIpc) is 2.35. The van der Waals surface area contributed by atoms with Crippen LogP contribution in [0.3, 0.4) is 0 Å². The normalized spacial score (nSPS) is 11.2. The molecule has 0 fully saturated rings. The van der Waals surface area contributed by atoms with Gasteiger partial charge < -0.3 is 9.84 Å². The third-order valence-electron chi connectivity index (χ3n) is 2.17. The van der Waals surface area contributed by atoms with E-state index >= 15 is 0 Å². The van der Waals surface area contributed by atoms with Crippen LogP contribution in [0.1, 0.15) is 11.1 Å². The highest BCUT2D eigenvalue weighted by Gasteiger charge is 2.06. The van der Waals surface area contributed by atoms with Gasteiger partial charge in [-0.15, -0.1) is 0 Å². The van der Waals surface area contributed by atoms with Crippen molar-refractivity contribution in [3.8, 4) is 0 Å². The summed E-state index contributed by atoms with van der Waals surface area (Å²) in [6.45, 7) is 0. The number of aliphatic hydroxyl groups is 1. The van der Waals surface area contributed by atoms with Crippen molar-refractivity contribution in [2.24, 2.45) is 0 Å². The van der Waals surface area contributed by atoms with Crippen molar-refractivity contribution in [2.45, 2.75) is 11.8 Å². The van der Waals surface area contributed by atoms with Gasteiger partial charge in [0, 0.05) is 5.33 Å². The number of allylic oxidation sites excluding steroid dienone is 1. The number of ether oxygens (including phenoxy) is 1. The molecule has 1 N–H and O–H groups in total. The van der Waals surface area contributed by atoms with E-state index in [0.29, 0.717) is 6.42 Å². The van der Waals surface area contributed by atoms with Crippen LogP contribution in [0.25, 0.3) is 0 Å². The van der Waals surface area contributed by atoms with Gasteiger partial charge in [-0.2, -0.15) is 0 Å². The summed E-state index contributed by atoms with van der Waals surface area (Å²) in [5, 5.41) is 10.1. The Morgan fingerprint density at radius 2 is 2.06 bits per heavy atom. The smallest absolute Gasteiger partial charge is 0.372 e. The molecule has 0 unspecified atom stereocenters. The summed E-state index contributed by atoms with van der Waals surface area (Å²) >= 11 is 3.38. The molecule has 0 saturated heterocycles. The molecule has 1 rings (SSSR count). The highest BCUT2D eigenvalue weighted by atomic mass is 79.9. The number of esters is 1. The average molecular weight is 285 g/mol. The molecule has 86 valence electrons. The molecule has 16 heavy (non-hydrogen) atoms. The Morgan fingerprint density at radius 3 is 2.62 bits per heavy atom. The van der Waals surface area contributed by atoms with E-state index in [1.807, 2.05) is 24.3 Å². The molecule has 0 aliphatic rings. The molecule has 0 amide bonds. The standard InChI is InChI=1S/C12H13BrO3/c1-16-12(15)11(14)7-6-9-4-2-3-5-10(9)8-13/h2-5,7,14H,6,8H2,1H3. The predicted molar refractivity (Wildman–Crippen MR) is 65.5 cm³/mol. The summed E-state index contributed by atoms with van der Waals surface area (Å²) in [5.74, 6) is -1.07. The Hall–Kier alpha value is -1.29. The second kappa shape index (κ2) is 6.33. The maximum atomic E-state index is 10.9. The summed E-state index contributed by atoms with van der Waals surface area (Å²) in [6.07, 6.45) is 1.95. The summed E-state index contributed by atoms with van der Waals surface area (Å²) in [5.41, 5.74) is 2.20. The second-order valence-electron chi connectivity index (χ2n) is 3.19. The number of carbonyl (C=O) groups is 1. The molecule has 0 saturated carbocycles. The number of hydrogen-bond acceptors (Lipinski definition) is 3. The minimum absolute atomic E-state index is 0.355. The largest absolute Gasteiger partial charge is 0.502 e. The van der Waals surface area contributed by atoms with Gasteiger partial charge in [0.2, 0.25) is 0 Å². The molecule has 0 aliphatic carbocycles. The number of aliphatic hydroxyl groups excluding tert-OH is 1. The van der Waals surface area contributed by atoms with Crippen LogP contribution in [0.2, 0.25) is 0 Å². The lowest BCUT2D eigenvalue weighted by Crippen LogP contribution is -2.04. The van der Waals surface area contributed by atoms with E-state index in [4.69, 9.17) is 0 Å². The summed E-state index contributed by atoms with van der Waals surface area (Å²) < 4.78 is 4.39. The quantitative estimate of drug-likeness (QED) is 0.400. The van der Waals surface area contributed by atoms with Gasteiger partial charge in [-0.1, -0.05) is 40.2 Å². The van der Waals surface area contributed by atoms with Gasteiger partial charge in [0.25, 0.3) is 0 Å². The lowest BCUT2D eigenvalue weighted by Gasteiger charge is -2.04. The Balaban J connectivity index is 2.77. The Kier molecular flexibility index (Phi) is 5.05. The predicted octanol–water partition coefficient (Wildman–Crippen LogP) is 2.74. The molecule has 4 heteroatoms. The molecule has 1 aromatic rings. The minimum Gasteiger partial charge on any atom is -0.502 e. The first-order valence-electron chi connectivity index (χ1n) is 4.79. The zero-order valence-corrected chi connectivity index (χ0v) is 10.5. The monoisotopic (exact) mass is 284 g/mol. The zero-order valence-electron chi connectivity index (χ0n) is 8.94. The number of methoxy groups -OCH3 is 1. The van der Waals surface area contributed by atoms with Crippen molar-refractivity contribution in [1.82, 2.24) is 0 Å².